The molecule has 4 rings (SSSR count). The fraction of sp³-hybridized carbons (Fsp3) is 0.364. The van der Waals surface area contributed by atoms with E-state index in [9.17, 15) is 4.79 Å². The molecule has 146 valence electrons. The largest absolute Gasteiger partial charge is 0.468 e. The van der Waals surface area contributed by atoms with Crippen LogP contribution in [0.3, 0.4) is 0 Å². The van der Waals surface area contributed by atoms with Crippen molar-refractivity contribution < 1.29 is 14.3 Å². The maximum absolute atomic E-state index is 12.6. The van der Waals surface area contributed by atoms with Crippen molar-refractivity contribution in [1.29, 1.82) is 0 Å². The van der Waals surface area contributed by atoms with E-state index in [1.165, 1.54) is 0 Å². The minimum absolute atomic E-state index is 0.0476. The van der Waals surface area contributed by atoms with E-state index in [0.717, 1.165) is 42.5 Å². The summed E-state index contributed by atoms with van der Waals surface area (Å²) in [6.45, 7) is 0.191. The lowest BCUT2D eigenvalue weighted by Gasteiger charge is -2.28. The van der Waals surface area contributed by atoms with Gasteiger partial charge in [0.1, 0.15) is 11.6 Å². The Morgan fingerprint density at radius 3 is 2.79 bits per heavy atom. The minimum atomic E-state index is -0.0476. The van der Waals surface area contributed by atoms with Crippen molar-refractivity contribution in [2.45, 2.75) is 37.6 Å². The molecule has 1 aliphatic rings. The number of rotatable bonds is 6. The highest BCUT2D eigenvalue weighted by atomic mass is 16.7. The highest BCUT2D eigenvalue weighted by Gasteiger charge is 2.26. The number of carbonyl (C=O) groups excluding carboxylic acids is 1. The standard InChI is InChI=1S/C22H25N3O3/c1-27-14-28-18-11-9-15(10-12-18)22(26)23-17-6-4-5-16(13-17)21-24-19-7-2-3-8-20(19)25-21/h2-3,7-12,16-17H,4-6,13-14H2,1H3,(H,23,26)(H,24,25). The van der Waals surface area contributed by atoms with Crippen molar-refractivity contribution in [3.05, 3.63) is 59.9 Å². The van der Waals surface area contributed by atoms with Crippen LogP contribution in [0.15, 0.2) is 48.5 Å². The van der Waals surface area contributed by atoms with E-state index in [2.05, 4.69) is 10.3 Å². The third-order valence-corrected chi connectivity index (χ3v) is 5.26. The minimum Gasteiger partial charge on any atom is -0.468 e. The van der Waals surface area contributed by atoms with E-state index in [1.54, 1.807) is 31.4 Å². The molecule has 6 nitrogen and oxygen atoms in total. The van der Waals surface area contributed by atoms with Crippen molar-refractivity contribution in [3.63, 3.8) is 0 Å². The van der Waals surface area contributed by atoms with E-state index in [0.29, 0.717) is 17.2 Å². The molecule has 2 N–H and O–H groups in total. The van der Waals surface area contributed by atoms with Crippen LogP contribution in [0.5, 0.6) is 5.75 Å². The molecule has 0 aliphatic heterocycles. The van der Waals surface area contributed by atoms with Crippen LogP contribution in [0.2, 0.25) is 0 Å². The number of aromatic nitrogens is 2. The van der Waals surface area contributed by atoms with E-state index in [4.69, 9.17) is 14.5 Å². The predicted molar refractivity (Wildman–Crippen MR) is 108 cm³/mol. The zero-order valence-electron chi connectivity index (χ0n) is 16.0. The molecule has 1 saturated carbocycles. The van der Waals surface area contributed by atoms with Crippen molar-refractivity contribution in [2.24, 2.45) is 0 Å². The molecule has 2 aromatic carbocycles. The maximum atomic E-state index is 12.6. The van der Waals surface area contributed by atoms with Crippen molar-refractivity contribution >= 4 is 16.9 Å². The van der Waals surface area contributed by atoms with Gasteiger partial charge in [-0.25, -0.2) is 4.98 Å². The van der Waals surface area contributed by atoms with Crippen LogP contribution in [0, 0.1) is 0 Å². The van der Waals surface area contributed by atoms with Gasteiger partial charge in [0.25, 0.3) is 5.91 Å². The number of para-hydroxylation sites is 2. The first-order valence-corrected chi connectivity index (χ1v) is 9.70. The molecule has 0 saturated heterocycles. The van der Waals surface area contributed by atoms with E-state index in [-0.39, 0.29) is 18.7 Å². The van der Waals surface area contributed by atoms with Crippen LogP contribution >= 0.6 is 0 Å². The van der Waals surface area contributed by atoms with Gasteiger partial charge < -0.3 is 19.8 Å². The summed E-state index contributed by atoms with van der Waals surface area (Å²) < 4.78 is 10.2. The number of methoxy groups -OCH3 is 1. The van der Waals surface area contributed by atoms with Crippen LogP contribution < -0.4 is 10.1 Å². The SMILES string of the molecule is COCOc1ccc(C(=O)NC2CCCC(c3nc4ccccc4[nH]3)C2)cc1. The lowest BCUT2D eigenvalue weighted by atomic mass is 9.85. The molecule has 0 spiro atoms. The second-order valence-electron chi connectivity index (χ2n) is 7.25. The number of ether oxygens (including phenoxy) is 2. The van der Waals surface area contributed by atoms with Crippen molar-refractivity contribution in [3.8, 4) is 5.75 Å². The summed E-state index contributed by atoms with van der Waals surface area (Å²) in [6.07, 6.45) is 4.08. The summed E-state index contributed by atoms with van der Waals surface area (Å²) in [4.78, 5) is 20.8. The van der Waals surface area contributed by atoms with E-state index >= 15 is 0 Å². The van der Waals surface area contributed by atoms with Gasteiger partial charge in [0.15, 0.2) is 6.79 Å². The molecular formula is C22H25N3O3. The zero-order chi connectivity index (χ0) is 19.3. The lowest BCUT2D eigenvalue weighted by Crippen LogP contribution is -2.38. The van der Waals surface area contributed by atoms with Crippen molar-refractivity contribution in [2.75, 3.05) is 13.9 Å². The van der Waals surface area contributed by atoms with Gasteiger partial charge in [-0.3, -0.25) is 4.79 Å². The molecule has 1 aromatic heterocycles. The Morgan fingerprint density at radius 2 is 2.00 bits per heavy atom. The van der Waals surface area contributed by atoms with E-state index < -0.39 is 0 Å². The maximum Gasteiger partial charge on any atom is 0.251 e. The summed E-state index contributed by atoms with van der Waals surface area (Å²) >= 11 is 0. The fourth-order valence-electron chi connectivity index (χ4n) is 3.83. The van der Waals surface area contributed by atoms with Gasteiger partial charge in [0.05, 0.1) is 11.0 Å². The summed E-state index contributed by atoms with van der Waals surface area (Å²) in [5.74, 6) is 2.01. The summed E-state index contributed by atoms with van der Waals surface area (Å²) in [6, 6.07) is 15.4. The summed E-state index contributed by atoms with van der Waals surface area (Å²) in [5.41, 5.74) is 2.70. The van der Waals surface area contributed by atoms with Crippen LogP contribution in [-0.4, -0.2) is 35.8 Å². The quantitative estimate of drug-likeness (QED) is 0.635. The Kier molecular flexibility index (Phi) is 5.58. The van der Waals surface area contributed by atoms with Crippen LogP contribution in [0.1, 0.15) is 47.8 Å². The van der Waals surface area contributed by atoms with Gasteiger partial charge in [-0.1, -0.05) is 18.6 Å². The van der Waals surface area contributed by atoms with Gasteiger partial charge >= 0.3 is 0 Å². The third kappa shape index (κ3) is 4.17. The van der Waals surface area contributed by atoms with Gasteiger partial charge in [-0.15, -0.1) is 0 Å². The van der Waals surface area contributed by atoms with E-state index in [1.807, 2.05) is 24.3 Å². The highest BCUT2D eigenvalue weighted by molar-refractivity contribution is 5.94. The molecule has 1 heterocycles. The van der Waals surface area contributed by atoms with Crippen LogP contribution in [0.25, 0.3) is 11.0 Å². The number of nitrogens with one attached hydrogen (secondary N) is 2. The molecule has 0 radical (unpaired) electrons. The Balaban J connectivity index is 1.38. The molecule has 2 atom stereocenters. The number of hydrogen-bond donors (Lipinski definition) is 2. The smallest absolute Gasteiger partial charge is 0.251 e. The molecule has 6 heteroatoms. The molecule has 1 fully saturated rings. The molecule has 2 unspecified atom stereocenters. The summed E-state index contributed by atoms with van der Waals surface area (Å²) in [5, 5.41) is 3.19. The predicted octanol–water partition coefficient (Wildman–Crippen LogP) is 4.00. The second kappa shape index (κ2) is 8.44. The number of hydrogen-bond acceptors (Lipinski definition) is 4. The monoisotopic (exact) mass is 379 g/mol. The molecule has 1 amide bonds. The number of H-pyrrole nitrogens is 1. The second-order valence-corrected chi connectivity index (χ2v) is 7.25. The Bertz CT molecular complexity index is 903. The fourth-order valence-corrected chi connectivity index (χ4v) is 3.83. The molecule has 28 heavy (non-hydrogen) atoms. The molecule has 3 aromatic rings. The van der Waals surface area contributed by atoms with Crippen LogP contribution in [0.4, 0.5) is 0 Å². The van der Waals surface area contributed by atoms with Gasteiger partial charge in [0, 0.05) is 24.6 Å². The number of fused-ring (bicyclic) bond motifs is 1. The van der Waals surface area contributed by atoms with Crippen molar-refractivity contribution in [1.82, 2.24) is 15.3 Å². The topological polar surface area (TPSA) is 76.2 Å². The molecule has 1 aliphatic carbocycles. The Morgan fingerprint density at radius 1 is 1.18 bits per heavy atom. The Labute approximate surface area is 164 Å². The first-order valence-electron chi connectivity index (χ1n) is 9.70. The third-order valence-electron chi connectivity index (χ3n) is 5.26. The number of carbonyl (C=O) groups is 1. The average molecular weight is 379 g/mol. The number of imidazole rings is 1. The Hall–Kier alpha value is -2.86. The first kappa shape index (κ1) is 18.5. The number of amides is 1. The number of aromatic amines is 1. The molecular weight excluding hydrogens is 354 g/mol. The zero-order valence-corrected chi connectivity index (χ0v) is 16.0. The highest BCUT2D eigenvalue weighted by Crippen LogP contribution is 2.32. The number of benzene rings is 2. The van der Waals surface area contributed by atoms with Gasteiger partial charge in [0.2, 0.25) is 0 Å². The lowest BCUT2D eigenvalue weighted by molar-refractivity contribution is 0.0511. The normalized spacial score (nSPS) is 19.5. The molecule has 0 bridgehead atoms. The van der Waals surface area contributed by atoms with Crippen LogP contribution in [-0.2, 0) is 4.74 Å². The van der Waals surface area contributed by atoms with Gasteiger partial charge in [-0.05, 0) is 55.7 Å². The van der Waals surface area contributed by atoms with Gasteiger partial charge in [-0.2, -0.15) is 0 Å². The summed E-state index contributed by atoms with van der Waals surface area (Å²) in [7, 11) is 1.57. The first-order chi connectivity index (χ1) is 13.7. The number of nitrogens with zero attached hydrogens (tertiary/aromatic N) is 1. The average Bonchev–Trinajstić information content (AvgIpc) is 3.17.